The molecule has 1 aliphatic carbocycles. The molecule has 0 radical (unpaired) electrons. The van der Waals surface area contributed by atoms with Gasteiger partial charge in [0.2, 0.25) is 0 Å². The number of unbranched alkanes of at least 4 members (excludes halogenated alkanes) is 3. The van der Waals surface area contributed by atoms with Gasteiger partial charge in [0.25, 0.3) is 0 Å². The minimum atomic E-state index is -0.258. The molecule has 2 heteroatoms. The van der Waals surface area contributed by atoms with E-state index in [4.69, 9.17) is 4.74 Å². The lowest BCUT2D eigenvalue weighted by Crippen LogP contribution is -2.41. The quantitative estimate of drug-likeness (QED) is 0.671. The maximum atomic E-state index is 10.2. The van der Waals surface area contributed by atoms with Crippen molar-refractivity contribution in [3.63, 3.8) is 0 Å². The second-order valence-electron chi connectivity index (χ2n) is 7.78. The van der Waals surface area contributed by atoms with E-state index in [1.165, 1.54) is 25.7 Å². The lowest BCUT2D eigenvalue weighted by Gasteiger charge is -2.40. The van der Waals surface area contributed by atoms with Crippen LogP contribution in [0.3, 0.4) is 0 Å². The van der Waals surface area contributed by atoms with Gasteiger partial charge in [-0.1, -0.05) is 53.4 Å². The summed E-state index contributed by atoms with van der Waals surface area (Å²) in [6.07, 6.45) is 9.42. The maximum absolute atomic E-state index is 10.2. The van der Waals surface area contributed by atoms with Gasteiger partial charge in [0.1, 0.15) is 0 Å². The standard InChI is InChI=1S/C18H36O2/c1-6-7-8-9-10-14(2)20-17-13-15(18(3,4)5)11-12-16(17)19/h14-17,19H,6-13H2,1-5H3. The highest BCUT2D eigenvalue weighted by molar-refractivity contribution is 4.86. The molecule has 0 heterocycles. The predicted octanol–water partition coefficient (Wildman–Crippen LogP) is 4.94. The van der Waals surface area contributed by atoms with Crippen molar-refractivity contribution in [2.24, 2.45) is 11.3 Å². The highest BCUT2D eigenvalue weighted by atomic mass is 16.5. The Labute approximate surface area is 126 Å². The summed E-state index contributed by atoms with van der Waals surface area (Å²) >= 11 is 0. The van der Waals surface area contributed by atoms with Gasteiger partial charge >= 0.3 is 0 Å². The number of ether oxygens (including phenoxy) is 1. The van der Waals surface area contributed by atoms with Crippen LogP contribution < -0.4 is 0 Å². The van der Waals surface area contributed by atoms with E-state index in [0.29, 0.717) is 11.3 Å². The highest BCUT2D eigenvalue weighted by Gasteiger charge is 2.36. The highest BCUT2D eigenvalue weighted by Crippen LogP contribution is 2.39. The van der Waals surface area contributed by atoms with E-state index in [9.17, 15) is 5.11 Å². The molecule has 0 bridgehead atoms. The van der Waals surface area contributed by atoms with Crippen molar-refractivity contribution in [3.8, 4) is 0 Å². The van der Waals surface area contributed by atoms with Crippen LogP contribution >= 0.6 is 0 Å². The molecular formula is C18H36O2. The molecule has 0 saturated heterocycles. The third-order valence-corrected chi connectivity index (χ3v) is 4.85. The first-order chi connectivity index (χ1) is 9.34. The van der Waals surface area contributed by atoms with Gasteiger partial charge in [0.15, 0.2) is 0 Å². The molecule has 2 nitrogen and oxygen atoms in total. The Balaban J connectivity index is 2.36. The predicted molar refractivity (Wildman–Crippen MR) is 85.9 cm³/mol. The van der Waals surface area contributed by atoms with Crippen LogP contribution in [0.4, 0.5) is 0 Å². The average molecular weight is 284 g/mol. The van der Waals surface area contributed by atoms with E-state index >= 15 is 0 Å². The van der Waals surface area contributed by atoms with E-state index in [1.54, 1.807) is 0 Å². The Morgan fingerprint density at radius 2 is 1.85 bits per heavy atom. The molecule has 0 spiro atoms. The third-order valence-electron chi connectivity index (χ3n) is 4.85. The molecule has 1 N–H and O–H groups in total. The van der Waals surface area contributed by atoms with Crippen LogP contribution in [0.25, 0.3) is 0 Å². The largest absolute Gasteiger partial charge is 0.390 e. The summed E-state index contributed by atoms with van der Waals surface area (Å²) in [5.74, 6) is 0.670. The second kappa shape index (κ2) is 8.38. The van der Waals surface area contributed by atoms with Gasteiger partial charge in [0, 0.05) is 0 Å². The number of hydrogen-bond donors (Lipinski definition) is 1. The fourth-order valence-corrected chi connectivity index (χ4v) is 3.27. The molecule has 0 aromatic rings. The number of aliphatic hydroxyl groups is 1. The second-order valence-corrected chi connectivity index (χ2v) is 7.78. The van der Waals surface area contributed by atoms with Crippen molar-refractivity contribution in [3.05, 3.63) is 0 Å². The van der Waals surface area contributed by atoms with E-state index < -0.39 is 0 Å². The first-order valence-corrected chi connectivity index (χ1v) is 8.68. The van der Waals surface area contributed by atoms with Crippen LogP contribution in [0.1, 0.15) is 86.0 Å². The van der Waals surface area contributed by atoms with E-state index in [-0.39, 0.29) is 18.3 Å². The average Bonchev–Trinajstić information content (AvgIpc) is 2.36. The molecule has 1 fully saturated rings. The summed E-state index contributed by atoms with van der Waals surface area (Å²) in [7, 11) is 0. The summed E-state index contributed by atoms with van der Waals surface area (Å²) in [5.41, 5.74) is 0.326. The molecular weight excluding hydrogens is 248 g/mol. The molecule has 20 heavy (non-hydrogen) atoms. The van der Waals surface area contributed by atoms with Crippen molar-refractivity contribution in [2.75, 3.05) is 0 Å². The van der Waals surface area contributed by atoms with Crippen LogP contribution in [-0.2, 0) is 4.74 Å². The van der Waals surface area contributed by atoms with Crippen molar-refractivity contribution in [2.45, 2.75) is 104 Å². The lowest BCUT2D eigenvalue weighted by molar-refractivity contribution is -0.111. The molecule has 0 aromatic heterocycles. The topological polar surface area (TPSA) is 29.5 Å². The van der Waals surface area contributed by atoms with Crippen LogP contribution in [0.2, 0.25) is 0 Å². The minimum Gasteiger partial charge on any atom is -0.390 e. The van der Waals surface area contributed by atoms with Crippen LogP contribution in [0, 0.1) is 11.3 Å². The molecule has 1 saturated carbocycles. The van der Waals surface area contributed by atoms with Gasteiger partial charge in [-0.25, -0.2) is 0 Å². The van der Waals surface area contributed by atoms with Crippen LogP contribution in [-0.4, -0.2) is 23.4 Å². The van der Waals surface area contributed by atoms with Gasteiger partial charge in [-0.15, -0.1) is 0 Å². The Morgan fingerprint density at radius 1 is 1.15 bits per heavy atom. The van der Waals surface area contributed by atoms with E-state index in [1.807, 2.05) is 0 Å². The minimum absolute atomic E-state index is 0.0501. The first kappa shape index (κ1) is 18.0. The number of aliphatic hydroxyl groups excluding tert-OH is 1. The summed E-state index contributed by atoms with van der Waals surface area (Å²) in [4.78, 5) is 0. The number of hydrogen-bond acceptors (Lipinski definition) is 2. The van der Waals surface area contributed by atoms with Gasteiger partial charge in [-0.2, -0.15) is 0 Å². The molecule has 0 aliphatic heterocycles. The zero-order chi connectivity index (χ0) is 15.2. The van der Waals surface area contributed by atoms with Crippen LogP contribution in [0.15, 0.2) is 0 Å². The van der Waals surface area contributed by atoms with Gasteiger partial charge in [0.05, 0.1) is 18.3 Å². The zero-order valence-corrected chi connectivity index (χ0v) is 14.3. The van der Waals surface area contributed by atoms with E-state index in [0.717, 1.165) is 25.7 Å². The van der Waals surface area contributed by atoms with Gasteiger partial charge < -0.3 is 9.84 Å². The Morgan fingerprint density at radius 3 is 2.45 bits per heavy atom. The van der Waals surface area contributed by atoms with Crippen molar-refractivity contribution >= 4 is 0 Å². The summed E-state index contributed by atoms with van der Waals surface area (Å²) in [5, 5.41) is 10.2. The van der Waals surface area contributed by atoms with Crippen molar-refractivity contribution in [1.82, 2.24) is 0 Å². The SMILES string of the molecule is CCCCCCC(C)OC1CC(C(C)(C)C)CCC1O. The van der Waals surface area contributed by atoms with Crippen molar-refractivity contribution in [1.29, 1.82) is 0 Å². The lowest BCUT2D eigenvalue weighted by atomic mass is 9.71. The van der Waals surface area contributed by atoms with E-state index in [2.05, 4.69) is 34.6 Å². The van der Waals surface area contributed by atoms with Crippen LogP contribution in [0.5, 0.6) is 0 Å². The molecule has 1 aliphatic rings. The Kier molecular flexibility index (Phi) is 7.53. The monoisotopic (exact) mass is 284 g/mol. The summed E-state index contributed by atoms with van der Waals surface area (Å²) in [6, 6.07) is 0. The van der Waals surface area contributed by atoms with Crippen molar-refractivity contribution < 1.29 is 9.84 Å². The normalized spacial score (nSPS) is 29.4. The fraction of sp³-hybridized carbons (Fsp3) is 1.00. The first-order valence-electron chi connectivity index (χ1n) is 8.68. The van der Waals surface area contributed by atoms with Gasteiger partial charge in [-0.3, -0.25) is 0 Å². The Hall–Kier alpha value is -0.0800. The smallest absolute Gasteiger partial charge is 0.0840 e. The molecule has 120 valence electrons. The molecule has 0 aromatic carbocycles. The number of rotatable bonds is 7. The van der Waals surface area contributed by atoms with Gasteiger partial charge in [-0.05, 0) is 43.9 Å². The third kappa shape index (κ3) is 6.13. The molecule has 4 atom stereocenters. The fourth-order valence-electron chi connectivity index (χ4n) is 3.27. The zero-order valence-electron chi connectivity index (χ0n) is 14.3. The molecule has 0 amide bonds. The maximum Gasteiger partial charge on any atom is 0.0840 e. The Bertz CT molecular complexity index is 257. The molecule has 4 unspecified atom stereocenters. The molecule has 1 rings (SSSR count). The summed E-state index contributed by atoms with van der Waals surface area (Å²) < 4.78 is 6.16. The summed E-state index contributed by atoms with van der Waals surface area (Å²) in [6.45, 7) is 11.3.